The molecule has 1 unspecified atom stereocenters. The lowest BCUT2D eigenvalue weighted by molar-refractivity contribution is 0.0198. The molecule has 1 saturated heterocycles. The van der Waals surface area contributed by atoms with Gasteiger partial charge in [-0.1, -0.05) is 11.9 Å². The molecule has 0 aromatic heterocycles. The number of morpholine rings is 1. The minimum Gasteiger partial charge on any atom is -0.379 e. The Labute approximate surface area is 90.9 Å². The molecule has 1 atom stereocenters. The van der Waals surface area contributed by atoms with Crippen LogP contribution in [0.25, 0.3) is 0 Å². The van der Waals surface area contributed by atoms with Gasteiger partial charge in [-0.3, -0.25) is 10.0 Å². The van der Waals surface area contributed by atoms with Crippen LogP contribution in [0.4, 0.5) is 0 Å². The Hall–Kier alpha value is 0.520. The van der Waals surface area contributed by atoms with Crippen LogP contribution < -0.4 is 5.14 Å². The molecular formula is C8H19ClN2OS. The summed E-state index contributed by atoms with van der Waals surface area (Å²) >= 11 is 1.44. The normalized spacial score (nSPS) is 20.8. The second-order valence-electron chi connectivity index (χ2n) is 3.16. The predicted molar refractivity (Wildman–Crippen MR) is 60.4 cm³/mol. The third-order valence-corrected chi connectivity index (χ3v) is 2.79. The topological polar surface area (TPSA) is 38.5 Å². The number of hydrogen-bond acceptors (Lipinski definition) is 4. The van der Waals surface area contributed by atoms with E-state index < -0.39 is 0 Å². The second-order valence-corrected chi connectivity index (χ2v) is 3.90. The monoisotopic (exact) mass is 226 g/mol. The van der Waals surface area contributed by atoms with Crippen LogP contribution in [0.3, 0.4) is 0 Å². The number of nitrogens with two attached hydrogens (primary N) is 1. The van der Waals surface area contributed by atoms with Gasteiger partial charge in [0.2, 0.25) is 0 Å². The van der Waals surface area contributed by atoms with Crippen molar-refractivity contribution in [3.8, 4) is 0 Å². The lowest BCUT2D eigenvalue weighted by Crippen LogP contribution is -2.42. The summed E-state index contributed by atoms with van der Waals surface area (Å²) in [7, 11) is 0. The Kier molecular flexibility index (Phi) is 8.20. The van der Waals surface area contributed by atoms with E-state index in [4.69, 9.17) is 9.88 Å². The zero-order valence-electron chi connectivity index (χ0n) is 8.07. The van der Waals surface area contributed by atoms with Crippen LogP contribution in [-0.4, -0.2) is 43.0 Å². The van der Waals surface area contributed by atoms with Crippen molar-refractivity contribution in [2.75, 3.05) is 32.1 Å². The molecule has 0 radical (unpaired) electrons. The van der Waals surface area contributed by atoms with Gasteiger partial charge in [0.25, 0.3) is 0 Å². The first kappa shape index (κ1) is 13.5. The summed E-state index contributed by atoms with van der Waals surface area (Å²) in [5.41, 5.74) is 0. The van der Waals surface area contributed by atoms with Crippen molar-refractivity contribution in [3.05, 3.63) is 0 Å². The standard InChI is InChI=1S/C8H18N2OS.ClH/c1-8(2-7-12-9)10-3-5-11-6-4-10;/h8H,2-7,9H2,1H3;1H. The Balaban J connectivity index is 0.00000144. The van der Waals surface area contributed by atoms with E-state index in [0.717, 1.165) is 32.1 Å². The highest BCUT2D eigenvalue weighted by Gasteiger charge is 2.15. The van der Waals surface area contributed by atoms with Gasteiger partial charge in [0, 0.05) is 24.9 Å². The van der Waals surface area contributed by atoms with E-state index in [1.165, 1.54) is 18.4 Å². The molecule has 0 saturated carbocycles. The van der Waals surface area contributed by atoms with Crippen LogP contribution >= 0.6 is 24.4 Å². The highest BCUT2D eigenvalue weighted by molar-refractivity contribution is 7.97. The fourth-order valence-corrected chi connectivity index (χ4v) is 1.92. The summed E-state index contributed by atoms with van der Waals surface area (Å²) in [6.07, 6.45) is 1.18. The second kappa shape index (κ2) is 7.88. The molecule has 0 aromatic rings. The van der Waals surface area contributed by atoms with E-state index in [2.05, 4.69) is 11.8 Å². The minimum absolute atomic E-state index is 0. The molecule has 13 heavy (non-hydrogen) atoms. The van der Waals surface area contributed by atoms with Crippen molar-refractivity contribution in [3.63, 3.8) is 0 Å². The maximum absolute atomic E-state index is 5.38. The number of halogens is 1. The molecule has 1 aliphatic rings. The molecule has 0 bridgehead atoms. The molecule has 0 aliphatic carbocycles. The van der Waals surface area contributed by atoms with Crippen molar-refractivity contribution >= 4 is 24.4 Å². The van der Waals surface area contributed by atoms with E-state index in [1.807, 2.05) is 0 Å². The quantitative estimate of drug-likeness (QED) is 0.730. The van der Waals surface area contributed by atoms with Gasteiger partial charge in [-0.2, -0.15) is 0 Å². The molecule has 80 valence electrons. The molecule has 3 nitrogen and oxygen atoms in total. The highest BCUT2D eigenvalue weighted by Crippen LogP contribution is 2.08. The van der Waals surface area contributed by atoms with Crippen molar-refractivity contribution in [1.82, 2.24) is 4.90 Å². The summed E-state index contributed by atoms with van der Waals surface area (Å²) in [5.74, 6) is 1.05. The maximum atomic E-state index is 5.38. The molecule has 0 amide bonds. The first-order chi connectivity index (χ1) is 5.84. The first-order valence-corrected chi connectivity index (χ1v) is 5.53. The number of nitrogens with zero attached hydrogens (tertiary/aromatic N) is 1. The molecular weight excluding hydrogens is 208 g/mol. The van der Waals surface area contributed by atoms with Crippen LogP contribution in [0.2, 0.25) is 0 Å². The highest BCUT2D eigenvalue weighted by atomic mass is 35.5. The molecule has 5 heteroatoms. The third kappa shape index (κ3) is 5.08. The molecule has 1 rings (SSSR count). The van der Waals surface area contributed by atoms with Gasteiger partial charge < -0.3 is 4.74 Å². The summed E-state index contributed by atoms with van der Waals surface area (Å²) < 4.78 is 5.28. The fraction of sp³-hybridized carbons (Fsp3) is 1.00. The third-order valence-electron chi connectivity index (χ3n) is 2.32. The maximum Gasteiger partial charge on any atom is 0.0594 e. The van der Waals surface area contributed by atoms with Gasteiger partial charge in [-0.25, -0.2) is 0 Å². The first-order valence-electron chi connectivity index (χ1n) is 4.48. The lowest BCUT2D eigenvalue weighted by Gasteiger charge is -2.32. The summed E-state index contributed by atoms with van der Waals surface area (Å²) in [6, 6.07) is 0.657. The molecule has 1 heterocycles. The number of hydrogen-bond donors (Lipinski definition) is 1. The lowest BCUT2D eigenvalue weighted by atomic mass is 10.2. The van der Waals surface area contributed by atoms with Gasteiger partial charge >= 0.3 is 0 Å². The van der Waals surface area contributed by atoms with Crippen LogP contribution in [0, 0.1) is 0 Å². The SMILES string of the molecule is CC(CCSN)N1CCOCC1.Cl. The minimum atomic E-state index is 0. The molecule has 0 spiro atoms. The van der Waals surface area contributed by atoms with Crippen LogP contribution in [-0.2, 0) is 4.74 Å². The van der Waals surface area contributed by atoms with E-state index in [0.29, 0.717) is 6.04 Å². The zero-order valence-corrected chi connectivity index (χ0v) is 9.70. The van der Waals surface area contributed by atoms with E-state index >= 15 is 0 Å². The zero-order chi connectivity index (χ0) is 8.81. The summed E-state index contributed by atoms with van der Waals surface area (Å²) in [5, 5.41) is 5.38. The Morgan fingerprint density at radius 3 is 2.62 bits per heavy atom. The largest absolute Gasteiger partial charge is 0.379 e. The molecule has 1 fully saturated rings. The van der Waals surface area contributed by atoms with Gasteiger partial charge in [-0.05, 0) is 13.3 Å². The Bertz CT molecular complexity index is 123. The van der Waals surface area contributed by atoms with Crippen molar-refractivity contribution < 1.29 is 4.74 Å². The predicted octanol–water partition coefficient (Wildman–Crippen LogP) is 1.13. The van der Waals surface area contributed by atoms with Gasteiger partial charge in [0.15, 0.2) is 0 Å². The summed E-state index contributed by atoms with van der Waals surface area (Å²) in [6.45, 7) is 6.20. The van der Waals surface area contributed by atoms with Gasteiger partial charge in [-0.15, -0.1) is 12.4 Å². The number of ether oxygens (including phenoxy) is 1. The van der Waals surface area contributed by atoms with Crippen LogP contribution in [0.5, 0.6) is 0 Å². The van der Waals surface area contributed by atoms with E-state index in [-0.39, 0.29) is 12.4 Å². The fourth-order valence-electron chi connectivity index (χ4n) is 1.44. The average molecular weight is 227 g/mol. The van der Waals surface area contributed by atoms with Crippen molar-refractivity contribution in [2.45, 2.75) is 19.4 Å². The smallest absolute Gasteiger partial charge is 0.0594 e. The van der Waals surface area contributed by atoms with E-state index in [1.54, 1.807) is 0 Å². The van der Waals surface area contributed by atoms with Crippen molar-refractivity contribution in [1.29, 1.82) is 0 Å². The van der Waals surface area contributed by atoms with Crippen LogP contribution in [0.1, 0.15) is 13.3 Å². The summed E-state index contributed by atoms with van der Waals surface area (Å²) in [4.78, 5) is 2.47. The Morgan fingerprint density at radius 2 is 2.08 bits per heavy atom. The number of rotatable bonds is 4. The van der Waals surface area contributed by atoms with Gasteiger partial charge in [0.05, 0.1) is 13.2 Å². The van der Waals surface area contributed by atoms with Crippen LogP contribution in [0.15, 0.2) is 0 Å². The molecule has 2 N–H and O–H groups in total. The molecule has 0 aromatic carbocycles. The Morgan fingerprint density at radius 1 is 1.46 bits per heavy atom. The van der Waals surface area contributed by atoms with E-state index in [9.17, 15) is 0 Å². The molecule has 1 aliphatic heterocycles. The average Bonchev–Trinajstić information content (AvgIpc) is 2.15. The van der Waals surface area contributed by atoms with Crippen molar-refractivity contribution in [2.24, 2.45) is 5.14 Å². The van der Waals surface area contributed by atoms with Gasteiger partial charge in [0.1, 0.15) is 0 Å².